The Morgan fingerprint density at radius 3 is 1.77 bits per heavy atom. The zero-order valence-electron chi connectivity index (χ0n) is 17.4. The summed E-state index contributed by atoms with van der Waals surface area (Å²) in [6.07, 6.45) is 0.191. The number of hydrogen-bond donors (Lipinski definition) is 2. The number of ether oxygens (including phenoxy) is 3. The number of hydrogen-bond acceptors (Lipinski definition) is 5. The molecule has 0 saturated carbocycles. The van der Waals surface area contributed by atoms with Crippen molar-refractivity contribution in [3.05, 3.63) is 78.4 Å². The van der Waals surface area contributed by atoms with E-state index in [0.717, 1.165) is 34.6 Å². The van der Waals surface area contributed by atoms with Crippen LogP contribution in [0.25, 0.3) is 11.1 Å². The van der Waals surface area contributed by atoms with Gasteiger partial charge in [0.15, 0.2) is 6.10 Å². The van der Waals surface area contributed by atoms with Crippen molar-refractivity contribution in [1.82, 2.24) is 0 Å². The molecule has 0 amide bonds. The lowest BCUT2D eigenvalue weighted by atomic mass is 10.1. The Kier molecular flexibility index (Phi) is 7.90. The van der Waals surface area contributed by atoms with Crippen molar-refractivity contribution in [2.45, 2.75) is 18.9 Å². The van der Waals surface area contributed by atoms with Crippen LogP contribution >= 0.6 is 0 Å². The Morgan fingerprint density at radius 1 is 0.806 bits per heavy atom. The zero-order chi connectivity index (χ0) is 22.1. The number of aromatic hydroxyl groups is 1. The van der Waals surface area contributed by atoms with Gasteiger partial charge in [-0.05, 0) is 53.1 Å². The summed E-state index contributed by atoms with van der Waals surface area (Å²) in [4.78, 5) is 11.0. The molecule has 0 spiro atoms. The topological polar surface area (TPSA) is 85.2 Å². The minimum Gasteiger partial charge on any atom is -0.508 e. The summed E-state index contributed by atoms with van der Waals surface area (Å²) in [6.45, 7) is 1.05. The molecule has 3 aromatic carbocycles. The lowest BCUT2D eigenvalue weighted by Gasteiger charge is -2.11. The molecule has 3 aromatic rings. The molecule has 2 N–H and O–H groups in total. The first-order valence-electron chi connectivity index (χ1n) is 10.0. The van der Waals surface area contributed by atoms with Gasteiger partial charge < -0.3 is 24.4 Å². The van der Waals surface area contributed by atoms with E-state index >= 15 is 0 Å². The SMILES string of the molecule is CO[C@@H](Cc1ccc(OCCCOc2ccc(-c3ccc(O)cc3)cc2)cc1)C(=O)O. The van der Waals surface area contributed by atoms with Gasteiger partial charge in [-0.1, -0.05) is 36.4 Å². The predicted octanol–water partition coefficient (Wildman–Crippen LogP) is 4.55. The molecule has 31 heavy (non-hydrogen) atoms. The summed E-state index contributed by atoms with van der Waals surface area (Å²) >= 11 is 0. The van der Waals surface area contributed by atoms with Gasteiger partial charge in [0.05, 0.1) is 13.2 Å². The maximum atomic E-state index is 11.0. The highest BCUT2D eigenvalue weighted by Gasteiger charge is 2.16. The lowest BCUT2D eigenvalue weighted by Crippen LogP contribution is -2.24. The first-order valence-corrected chi connectivity index (χ1v) is 10.0. The van der Waals surface area contributed by atoms with Crippen LogP contribution in [0.1, 0.15) is 12.0 Å². The van der Waals surface area contributed by atoms with Crippen LogP contribution in [0, 0.1) is 0 Å². The van der Waals surface area contributed by atoms with E-state index in [4.69, 9.17) is 19.3 Å². The summed E-state index contributed by atoms with van der Waals surface area (Å²) in [7, 11) is 1.39. The highest BCUT2D eigenvalue weighted by molar-refractivity contribution is 5.72. The van der Waals surface area contributed by atoms with Crippen molar-refractivity contribution >= 4 is 5.97 Å². The van der Waals surface area contributed by atoms with E-state index in [0.29, 0.717) is 19.6 Å². The molecule has 6 heteroatoms. The Balaban J connectivity index is 1.38. The Bertz CT molecular complexity index is 949. The lowest BCUT2D eigenvalue weighted by molar-refractivity contribution is -0.148. The number of carbonyl (C=O) groups is 1. The fourth-order valence-electron chi connectivity index (χ4n) is 3.04. The van der Waals surface area contributed by atoms with Gasteiger partial charge in [0, 0.05) is 20.0 Å². The van der Waals surface area contributed by atoms with Crippen molar-refractivity contribution in [3.63, 3.8) is 0 Å². The molecule has 6 nitrogen and oxygen atoms in total. The normalized spacial score (nSPS) is 11.6. The third-order valence-electron chi connectivity index (χ3n) is 4.79. The molecule has 0 unspecified atom stereocenters. The van der Waals surface area contributed by atoms with Crippen LogP contribution in [0.2, 0.25) is 0 Å². The van der Waals surface area contributed by atoms with Gasteiger partial charge in [0.25, 0.3) is 0 Å². The van der Waals surface area contributed by atoms with Crippen LogP contribution < -0.4 is 9.47 Å². The number of phenolic OH excluding ortho intramolecular Hbond substituents is 1. The molecular weight excluding hydrogens is 396 g/mol. The van der Waals surface area contributed by atoms with E-state index in [1.165, 1.54) is 7.11 Å². The quantitative estimate of drug-likeness (QED) is 0.441. The van der Waals surface area contributed by atoms with Crippen molar-refractivity contribution in [2.24, 2.45) is 0 Å². The van der Waals surface area contributed by atoms with E-state index in [-0.39, 0.29) is 5.75 Å². The Labute approximate surface area is 181 Å². The standard InChI is InChI=1S/C25H26O6/c1-29-24(25(27)28)17-18-3-11-22(12-4-18)30-15-2-16-31-23-13-7-20(8-14-23)19-5-9-21(26)10-6-19/h3-14,24,26H,2,15-17H2,1H3,(H,27,28)/t24-/m0/s1. The Morgan fingerprint density at radius 2 is 1.29 bits per heavy atom. The van der Waals surface area contributed by atoms with Crippen LogP contribution in [0.15, 0.2) is 72.8 Å². The number of aliphatic carboxylic acids is 1. The fourth-order valence-corrected chi connectivity index (χ4v) is 3.04. The summed E-state index contributed by atoms with van der Waals surface area (Å²) < 4.78 is 16.4. The molecule has 0 radical (unpaired) electrons. The summed E-state index contributed by atoms with van der Waals surface area (Å²) in [6, 6.07) is 22.2. The number of rotatable bonds is 11. The predicted molar refractivity (Wildman–Crippen MR) is 118 cm³/mol. The van der Waals surface area contributed by atoms with Gasteiger partial charge in [-0.3, -0.25) is 0 Å². The number of phenols is 1. The van der Waals surface area contributed by atoms with Crippen LogP contribution in [0.4, 0.5) is 0 Å². The van der Waals surface area contributed by atoms with Crippen molar-refractivity contribution in [1.29, 1.82) is 0 Å². The number of carboxylic acids is 1. The molecule has 0 aliphatic heterocycles. The molecule has 162 valence electrons. The molecular formula is C25H26O6. The van der Waals surface area contributed by atoms with E-state index in [9.17, 15) is 9.90 Å². The van der Waals surface area contributed by atoms with Gasteiger partial charge in [-0.2, -0.15) is 0 Å². The third-order valence-corrected chi connectivity index (χ3v) is 4.79. The first-order chi connectivity index (χ1) is 15.0. The first kappa shape index (κ1) is 22.2. The van der Waals surface area contributed by atoms with Gasteiger partial charge in [0.1, 0.15) is 17.2 Å². The maximum absolute atomic E-state index is 11.0. The number of carboxylic acid groups (broad SMARTS) is 1. The molecule has 1 atom stereocenters. The summed E-state index contributed by atoms with van der Waals surface area (Å²) in [5.41, 5.74) is 2.96. The fraction of sp³-hybridized carbons (Fsp3) is 0.240. The van der Waals surface area contributed by atoms with Crippen molar-refractivity contribution in [2.75, 3.05) is 20.3 Å². The number of methoxy groups -OCH3 is 1. The second-order valence-corrected chi connectivity index (χ2v) is 7.03. The largest absolute Gasteiger partial charge is 0.508 e. The van der Waals surface area contributed by atoms with E-state index in [1.54, 1.807) is 12.1 Å². The number of benzene rings is 3. The summed E-state index contributed by atoms with van der Waals surface area (Å²) in [5, 5.41) is 18.4. The monoisotopic (exact) mass is 422 g/mol. The highest BCUT2D eigenvalue weighted by atomic mass is 16.5. The minimum absolute atomic E-state index is 0.250. The van der Waals surface area contributed by atoms with Crippen LogP contribution in [0.3, 0.4) is 0 Å². The van der Waals surface area contributed by atoms with Crippen LogP contribution in [0.5, 0.6) is 17.2 Å². The molecule has 0 bridgehead atoms. The molecule has 0 aromatic heterocycles. The molecule has 0 fully saturated rings. The van der Waals surface area contributed by atoms with Gasteiger partial charge in [0.2, 0.25) is 0 Å². The van der Waals surface area contributed by atoms with Crippen LogP contribution in [-0.4, -0.2) is 42.6 Å². The van der Waals surface area contributed by atoms with Gasteiger partial charge in [-0.25, -0.2) is 4.79 Å². The van der Waals surface area contributed by atoms with E-state index in [1.807, 2.05) is 60.7 Å². The van der Waals surface area contributed by atoms with Gasteiger partial charge >= 0.3 is 5.97 Å². The smallest absolute Gasteiger partial charge is 0.333 e. The van der Waals surface area contributed by atoms with Gasteiger partial charge in [-0.15, -0.1) is 0 Å². The van der Waals surface area contributed by atoms with E-state index in [2.05, 4.69) is 0 Å². The average molecular weight is 422 g/mol. The van der Waals surface area contributed by atoms with Crippen molar-refractivity contribution < 1.29 is 29.2 Å². The average Bonchev–Trinajstić information content (AvgIpc) is 2.79. The highest BCUT2D eigenvalue weighted by Crippen LogP contribution is 2.24. The second-order valence-electron chi connectivity index (χ2n) is 7.03. The maximum Gasteiger partial charge on any atom is 0.333 e. The minimum atomic E-state index is -0.974. The molecule has 0 aliphatic rings. The molecule has 0 saturated heterocycles. The van der Waals surface area contributed by atoms with Crippen molar-refractivity contribution in [3.8, 4) is 28.4 Å². The zero-order valence-corrected chi connectivity index (χ0v) is 17.4. The third kappa shape index (κ3) is 6.76. The molecule has 0 heterocycles. The molecule has 0 aliphatic carbocycles. The van der Waals surface area contributed by atoms with E-state index < -0.39 is 12.1 Å². The molecule has 3 rings (SSSR count). The van der Waals surface area contributed by atoms with Crippen LogP contribution in [-0.2, 0) is 16.0 Å². The second kappa shape index (κ2) is 11.0. The summed E-state index contributed by atoms with van der Waals surface area (Å²) in [5.74, 6) is 0.793. The Hall–Kier alpha value is -3.51.